The molecule has 2 aromatic rings. The van der Waals surface area contributed by atoms with Crippen LogP contribution in [0.1, 0.15) is 16.7 Å². The van der Waals surface area contributed by atoms with E-state index >= 15 is 0 Å². The topological polar surface area (TPSA) is 37.0 Å². The van der Waals surface area contributed by atoms with Gasteiger partial charge in [-0.25, -0.2) is 0 Å². The van der Waals surface area contributed by atoms with Crippen LogP contribution in [0.3, 0.4) is 0 Å². The van der Waals surface area contributed by atoms with Crippen molar-refractivity contribution in [1.29, 1.82) is 0 Å². The van der Waals surface area contributed by atoms with E-state index in [1.54, 1.807) is 7.11 Å². The van der Waals surface area contributed by atoms with Gasteiger partial charge < -0.3 is 19.7 Å². The van der Waals surface area contributed by atoms with Crippen LogP contribution >= 0.6 is 12.2 Å². The lowest BCUT2D eigenvalue weighted by Crippen LogP contribution is -2.44. The molecule has 29 heavy (non-hydrogen) atoms. The molecule has 2 aromatic carbocycles. The summed E-state index contributed by atoms with van der Waals surface area (Å²) in [5.74, 6) is 0.887. The Kier molecular flexibility index (Phi) is 7.86. The summed E-state index contributed by atoms with van der Waals surface area (Å²) in [5.41, 5.74) is 4.66. The number of hydrogen-bond donors (Lipinski definition) is 1. The molecule has 1 aliphatic heterocycles. The van der Waals surface area contributed by atoms with Crippen LogP contribution in [0.25, 0.3) is 0 Å². The first kappa shape index (κ1) is 21.6. The van der Waals surface area contributed by atoms with Crippen molar-refractivity contribution >= 4 is 23.0 Å². The first-order valence-electron chi connectivity index (χ1n) is 10.1. The lowest BCUT2D eigenvalue weighted by atomic mass is 10.1. The van der Waals surface area contributed by atoms with Gasteiger partial charge in [0.25, 0.3) is 0 Å². The average Bonchev–Trinajstić information content (AvgIpc) is 2.75. The van der Waals surface area contributed by atoms with Gasteiger partial charge in [-0.2, -0.15) is 0 Å². The Morgan fingerprint density at radius 1 is 1.14 bits per heavy atom. The molecule has 0 aromatic heterocycles. The second-order valence-corrected chi connectivity index (χ2v) is 7.75. The first-order valence-corrected chi connectivity index (χ1v) is 10.5. The number of thiocarbonyl (C=S) groups is 1. The van der Waals surface area contributed by atoms with E-state index in [4.69, 9.17) is 21.7 Å². The summed E-state index contributed by atoms with van der Waals surface area (Å²) in [7, 11) is 1.71. The van der Waals surface area contributed by atoms with Gasteiger partial charge in [0.05, 0.1) is 20.3 Å². The first-order chi connectivity index (χ1) is 14.1. The van der Waals surface area contributed by atoms with Crippen molar-refractivity contribution in [2.75, 3.05) is 51.8 Å². The van der Waals surface area contributed by atoms with E-state index in [0.29, 0.717) is 6.54 Å². The molecule has 0 atom stereocenters. The van der Waals surface area contributed by atoms with Crippen LogP contribution in [0.5, 0.6) is 5.75 Å². The molecule has 0 bridgehead atoms. The standard InChI is InChI=1S/C23H31N3O2S/c1-18-7-6-9-21(19(18)2)24-23(29)26(12-11-25-13-15-28-16-14-25)17-20-8-4-5-10-22(20)27-3/h4-10H,11-17H2,1-3H3,(H,24,29). The van der Waals surface area contributed by atoms with E-state index in [9.17, 15) is 0 Å². The third-order valence-corrected chi connectivity index (χ3v) is 5.84. The number of aryl methyl sites for hydroxylation is 1. The van der Waals surface area contributed by atoms with E-state index < -0.39 is 0 Å². The van der Waals surface area contributed by atoms with Crippen molar-refractivity contribution in [3.05, 3.63) is 59.2 Å². The molecule has 0 saturated carbocycles. The number of nitrogens with one attached hydrogen (secondary N) is 1. The van der Waals surface area contributed by atoms with E-state index in [-0.39, 0.29) is 0 Å². The minimum absolute atomic E-state index is 0.699. The van der Waals surface area contributed by atoms with E-state index in [2.05, 4.69) is 53.2 Å². The Morgan fingerprint density at radius 2 is 1.90 bits per heavy atom. The van der Waals surface area contributed by atoms with Gasteiger partial charge in [0.1, 0.15) is 5.75 Å². The SMILES string of the molecule is COc1ccccc1CN(CCN1CCOCC1)C(=S)Nc1cccc(C)c1C. The van der Waals surface area contributed by atoms with Gasteiger partial charge in [-0.05, 0) is 49.3 Å². The fourth-order valence-corrected chi connectivity index (χ4v) is 3.73. The molecule has 0 radical (unpaired) electrons. The fourth-order valence-electron chi connectivity index (χ4n) is 3.46. The third kappa shape index (κ3) is 5.92. The number of para-hydroxylation sites is 1. The van der Waals surface area contributed by atoms with Crippen LogP contribution < -0.4 is 10.1 Å². The zero-order valence-corrected chi connectivity index (χ0v) is 18.4. The molecule has 156 valence electrons. The zero-order valence-electron chi connectivity index (χ0n) is 17.6. The van der Waals surface area contributed by atoms with Gasteiger partial charge in [-0.1, -0.05) is 30.3 Å². The highest BCUT2D eigenvalue weighted by molar-refractivity contribution is 7.80. The van der Waals surface area contributed by atoms with Crippen LogP contribution in [-0.4, -0.2) is 61.4 Å². The molecule has 1 fully saturated rings. The Balaban J connectivity index is 1.75. The minimum atomic E-state index is 0.699. The lowest BCUT2D eigenvalue weighted by molar-refractivity contribution is 0.0358. The number of nitrogens with zero attached hydrogens (tertiary/aromatic N) is 2. The second-order valence-electron chi connectivity index (χ2n) is 7.37. The molecule has 1 saturated heterocycles. The third-order valence-electron chi connectivity index (χ3n) is 5.48. The molecule has 1 N–H and O–H groups in total. The summed E-state index contributed by atoms with van der Waals surface area (Å²) < 4.78 is 11.0. The number of hydrogen-bond acceptors (Lipinski definition) is 4. The maximum Gasteiger partial charge on any atom is 0.173 e. The molecule has 0 amide bonds. The summed E-state index contributed by atoms with van der Waals surface area (Å²) in [6.07, 6.45) is 0. The van der Waals surface area contributed by atoms with Gasteiger partial charge in [-0.3, -0.25) is 4.90 Å². The van der Waals surface area contributed by atoms with Gasteiger partial charge in [0.15, 0.2) is 5.11 Å². The monoisotopic (exact) mass is 413 g/mol. The number of methoxy groups -OCH3 is 1. The van der Waals surface area contributed by atoms with Crippen molar-refractivity contribution in [3.8, 4) is 5.75 Å². The van der Waals surface area contributed by atoms with Crippen molar-refractivity contribution < 1.29 is 9.47 Å². The summed E-state index contributed by atoms with van der Waals surface area (Å²) >= 11 is 5.84. The van der Waals surface area contributed by atoms with E-state index in [0.717, 1.165) is 61.5 Å². The number of rotatable bonds is 7. The summed E-state index contributed by atoms with van der Waals surface area (Å²) in [6, 6.07) is 14.4. The van der Waals surface area contributed by atoms with Gasteiger partial charge in [0, 0.05) is 44.0 Å². The molecule has 3 rings (SSSR count). The van der Waals surface area contributed by atoms with Crippen LogP contribution in [0.2, 0.25) is 0 Å². The van der Waals surface area contributed by atoms with Crippen LogP contribution in [0.15, 0.2) is 42.5 Å². The Hall–Kier alpha value is -2.15. The Morgan fingerprint density at radius 3 is 2.66 bits per heavy atom. The number of benzene rings is 2. The highest BCUT2D eigenvalue weighted by atomic mass is 32.1. The number of morpholine rings is 1. The Bertz CT molecular complexity index is 822. The Labute approximate surface area is 179 Å². The highest BCUT2D eigenvalue weighted by Crippen LogP contribution is 2.22. The average molecular weight is 414 g/mol. The molecule has 0 aliphatic carbocycles. The zero-order chi connectivity index (χ0) is 20.6. The van der Waals surface area contributed by atoms with Crippen molar-refractivity contribution in [3.63, 3.8) is 0 Å². The second kappa shape index (κ2) is 10.6. The van der Waals surface area contributed by atoms with Crippen molar-refractivity contribution in [2.45, 2.75) is 20.4 Å². The maximum atomic E-state index is 5.84. The normalized spacial score (nSPS) is 14.4. The maximum absolute atomic E-state index is 5.84. The predicted octanol–water partition coefficient (Wildman–Crippen LogP) is 3.84. The quantitative estimate of drug-likeness (QED) is 0.695. The molecular weight excluding hydrogens is 382 g/mol. The number of ether oxygens (including phenoxy) is 2. The molecule has 5 nitrogen and oxygen atoms in total. The molecular formula is C23H31N3O2S. The molecule has 1 heterocycles. The summed E-state index contributed by atoms with van der Waals surface area (Å²) in [5, 5.41) is 4.20. The molecule has 6 heteroatoms. The van der Waals surface area contributed by atoms with Crippen LogP contribution in [0, 0.1) is 13.8 Å². The molecule has 1 aliphatic rings. The van der Waals surface area contributed by atoms with E-state index in [1.165, 1.54) is 11.1 Å². The fraction of sp³-hybridized carbons (Fsp3) is 0.435. The van der Waals surface area contributed by atoms with Crippen molar-refractivity contribution in [2.24, 2.45) is 0 Å². The lowest BCUT2D eigenvalue weighted by Gasteiger charge is -2.32. The van der Waals surface area contributed by atoms with Crippen LogP contribution in [0.4, 0.5) is 5.69 Å². The smallest absolute Gasteiger partial charge is 0.173 e. The van der Waals surface area contributed by atoms with E-state index in [1.807, 2.05) is 18.2 Å². The minimum Gasteiger partial charge on any atom is -0.496 e. The van der Waals surface area contributed by atoms with Gasteiger partial charge in [0.2, 0.25) is 0 Å². The largest absolute Gasteiger partial charge is 0.496 e. The highest BCUT2D eigenvalue weighted by Gasteiger charge is 2.17. The van der Waals surface area contributed by atoms with Gasteiger partial charge >= 0.3 is 0 Å². The van der Waals surface area contributed by atoms with Gasteiger partial charge in [-0.15, -0.1) is 0 Å². The summed E-state index contributed by atoms with van der Waals surface area (Å²) in [6.45, 7) is 10.3. The predicted molar refractivity (Wildman–Crippen MR) is 123 cm³/mol. The number of anilines is 1. The molecule has 0 spiro atoms. The van der Waals surface area contributed by atoms with Crippen LogP contribution in [-0.2, 0) is 11.3 Å². The summed E-state index contributed by atoms with van der Waals surface area (Å²) in [4.78, 5) is 4.66. The van der Waals surface area contributed by atoms with Crippen molar-refractivity contribution in [1.82, 2.24) is 9.80 Å². The molecule has 0 unspecified atom stereocenters.